The van der Waals surface area contributed by atoms with Crippen LogP contribution in [-0.2, 0) is 0 Å². The third kappa shape index (κ3) is 2.88. The van der Waals surface area contributed by atoms with Gasteiger partial charge in [0.05, 0.1) is 5.02 Å². The van der Waals surface area contributed by atoms with Gasteiger partial charge in [0.2, 0.25) is 0 Å². The van der Waals surface area contributed by atoms with Gasteiger partial charge in [0, 0.05) is 11.3 Å². The molecule has 0 spiro atoms. The lowest BCUT2D eigenvalue weighted by Crippen LogP contribution is -2.13. The van der Waals surface area contributed by atoms with Gasteiger partial charge in [-0.3, -0.25) is 4.79 Å². The van der Waals surface area contributed by atoms with E-state index in [2.05, 4.69) is 5.32 Å². The maximum absolute atomic E-state index is 12.1. The molecule has 0 saturated heterocycles. The van der Waals surface area contributed by atoms with Gasteiger partial charge in [-0.05, 0) is 43.2 Å². The molecule has 19 heavy (non-hydrogen) atoms. The Balaban J connectivity index is 2.28. The number of phenolic OH excluding ortho intramolecular Hbond substituents is 1. The van der Waals surface area contributed by atoms with Gasteiger partial charge in [-0.15, -0.1) is 0 Å². The fraction of sp³-hybridized carbons (Fsp3) is 0.133. The quantitative estimate of drug-likeness (QED) is 0.873. The molecule has 0 aliphatic heterocycles. The molecule has 2 aromatic carbocycles. The minimum absolute atomic E-state index is 0.0368. The smallest absolute Gasteiger partial charge is 0.255 e. The minimum atomic E-state index is -0.251. The highest BCUT2D eigenvalue weighted by Gasteiger charge is 2.11. The van der Waals surface area contributed by atoms with E-state index in [9.17, 15) is 9.90 Å². The van der Waals surface area contributed by atoms with Crippen molar-refractivity contribution in [1.29, 1.82) is 0 Å². The first-order valence-electron chi connectivity index (χ1n) is 5.85. The van der Waals surface area contributed by atoms with Gasteiger partial charge in [0.15, 0.2) is 0 Å². The van der Waals surface area contributed by atoms with Gasteiger partial charge in [0.1, 0.15) is 5.75 Å². The molecule has 0 unspecified atom stereocenters. The molecular weight excluding hydrogens is 262 g/mol. The molecule has 0 fully saturated rings. The largest absolute Gasteiger partial charge is 0.506 e. The number of phenols is 1. The first-order valence-corrected chi connectivity index (χ1v) is 6.23. The van der Waals surface area contributed by atoms with Crippen molar-refractivity contribution in [2.45, 2.75) is 13.8 Å². The van der Waals surface area contributed by atoms with Crippen molar-refractivity contribution in [1.82, 2.24) is 0 Å². The zero-order valence-corrected chi connectivity index (χ0v) is 11.5. The van der Waals surface area contributed by atoms with E-state index in [0.29, 0.717) is 5.56 Å². The fourth-order valence-corrected chi connectivity index (χ4v) is 2.03. The molecule has 0 bridgehead atoms. The van der Waals surface area contributed by atoms with Gasteiger partial charge in [-0.2, -0.15) is 0 Å². The van der Waals surface area contributed by atoms with Crippen LogP contribution in [0.5, 0.6) is 5.75 Å². The Labute approximate surface area is 116 Å². The van der Waals surface area contributed by atoms with E-state index >= 15 is 0 Å². The van der Waals surface area contributed by atoms with Crippen molar-refractivity contribution in [3.63, 3.8) is 0 Å². The third-order valence-electron chi connectivity index (χ3n) is 2.93. The number of benzene rings is 2. The second-order valence-electron chi connectivity index (χ2n) is 4.39. The summed E-state index contributed by atoms with van der Waals surface area (Å²) in [6.07, 6.45) is 0. The Bertz CT molecular complexity index is 618. The molecule has 2 N–H and O–H groups in total. The highest BCUT2D eigenvalue weighted by molar-refractivity contribution is 6.32. The number of anilines is 1. The molecule has 0 atom stereocenters. The maximum atomic E-state index is 12.1. The average molecular weight is 276 g/mol. The number of aryl methyl sites for hydroxylation is 2. The molecule has 0 aromatic heterocycles. The zero-order chi connectivity index (χ0) is 14.0. The molecule has 0 radical (unpaired) electrons. The maximum Gasteiger partial charge on any atom is 0.255 e. The summed E-state index contributed by atoms with van der Waals surface area (Å²) in [6.45, 7) is 3.87. The van der Waals surface area contributed by atoms with Gasteiger partial charge >= 0.3 is 0 Å². The van der Waals surface area contributed by atoms with Crippen molar-refractivity contribution in [2.24, 2.45) is 0 Å². The number of carbonyl (C=O) groups excluding carboxylic acids is 1. The number of carbonyl (C=O) groups is 1. The van der Waals surface area contributed by atoms with Gasteiger partial charge < -0.3 is 10.4 Å². The number of hydrogen-bond acceptors (Lipinski definition) is 2. The Morgan fingerprint density at radius 2 is 1.79 bits per heavy atom. The highest BCUT2D eigenvalue weighted by Crippen LogP contribution is 2.25. The zero-order valence-electron chi connectivity index (χ0n) is 10.7. The number of amides is 1. The van der Waals surface area contributed by atoms with Crippen LogP contribution in [0.1, 0.15) is 21.5 Å². The van der Waals surface area contributed by atoms with E-state index in [1.54, 1.807) is 0 Å². The molecule has 3 nitrogen and oxygen atoms in total. The van der Waals surface area contributed by atoms with E-state index in [4.69, 9.17) is 11.6 Å². The fourth-order valence-electron chi connectivity index (χ4n) is 1.85. The summed E-state index contributed by atoms with van der Waals surface area (Å²) < 4.78 is 0. The summed E-state index contributed by atoms with van der Waals surface area (Å²) in [4.78, 5) is 12.1. The number of para-hydroxylation sites is 1. The van der Waals surface area contributed by atoms with E-state index in [1.165, 1.54) is 18.2 Å². The molecule has 4 heteroatoms. The second-order valence-corrected chi connectivity index (χ2v) is 4.79. The molecule has 0 aliphatic carbocycles. The third-order valence-corrected chi connectivity index (χ3v) is 3.23. The lowest BCUT2D eigenvalue weighted by Gasteiger charge is -2.11. The molecule has 2 rings (SSSR count). The van der Waals surface area contributed by atoms with Crippen LogP contribution in [0.15, 0.2) is 36.4 Å². The standard InChI is InChI=1S/C15H14ClNO2/c1-9-4-3-5-10(2)14(9)17-15(19)11-6-7-13(18)12(16)8-11/h3-8,18H,1-2H3,(H,17,19). The molecule has 98 valence electrons. The van der Waals surface area contributed by atoms with Crippen LogP contribution in [0.4, 0.5) is 5.69 Å². The SMILES string of the molecule is Cc1cccc(C)c1NC(=O)c1ccc(O)c(Cl)c1. The van der Waals surface area contributed by atoms with Crippen LogP contribution < -0.4 is 5.32 Å². The normalized spacial score (nSPS) is 10.3. The Kier molecular flexibility index (Phi) is 3.76. The second kappa shape index (κ2) is 5.33. The van der Waals surface area contributed by atoms with Crippen LogP contribution in [0.2, 0.25) is 5.02 Å². The average Bonchev–Trinajstić information content (AvgIpc) is 2.37. The van der Waals surface area contributed by atoms with E-state index in [0.717, 1.165) is 16.8 Å². The molecule has 0 aliphatic rings. The Morgan fingerprint density at radius 1 is 1.16 bits per heavy atom. The molecule has 0 saturated carbocycles. The topological polar surface area (TPSA) is 49.3 Å². The summed E-state index contributed by atoms with van der Waals surface area (Å²) in [7, 11) is 0. The number of nitrogens with one attached hydrogen (secondary N) is 1. The van der Waals surface area contributed by atoms with Crippen LogP contribution in [0.3, 0.4) is 0 Å². The molecule has 1 amide bonds. The van der Waals surface area contributed by atoms with Crippen LogP contribution in [0.25, 0.3) is 0 Å². The van der Waals surface area contributed by atoms with Gasteiger partial charge in [-0.25, -0.2) is 0 Å². The first kappa shape index (κ1) is 13.4. The predicted octanol–water partition coefficient (Wildman–Crippen LogP) is 3.91. The number of halogens is 1. The van der Waals surface area contributed by atoms with Crippen LogP contribution in [-0.4, -0.2) is 11.0 Å². The van der Waals surface area contributed by atoms with Crippen molar-refractivity contribution in [3.8, 4) is 5.75 Å². The molecular formula is C15H14ClNO2. The molecule has 2 aromatic rings. The van der Waals surface area contributed by atoms with Crippen molar-refractivity contribution < 1.29 is 9.90 Å². The first-order chi connectivity index (χ1) is 8.99. The summed E-state index contributed by atoms with van der Waals surface area (Å²) in [5, 5.41) is 12.4. The van der Waals surface area contributed by atoms with Crippen molar-refractivity contribution in [3.05, 3.63) is 58.1 Å². The number of hydrogen-bond donors (Lipinski definition) is 2. The number of aromatic hydroxyl groups is 1. The highest BCUT2D eigenvalue weighted by atomic mass is 35.5. The van der Waals surface area contributed by atoms with E-state index in [-0.39, 0.29) is 16.7 Å². The summed E-state index contributed by atoms with van der Waals surface area (Å²) in [5.74, 6) is -0.287. The monoisotopic (exact) mass is 275 g/mol. The lowest BCUT2D eigenvalue weighted by atomic mass is 10.1. The van der Waals surface area contributed by atoms with Gasteiger partial charge in [0.25, 0.3) is 5.91 Å². The van der Waals surface area contributed by atoms with Crippen LogP contribution in [0, 0.1) is 13.8 Å². The minimum Gasteiger partial charge on any atom is -0.506 e. The Morgan fingerprint density at radius 3 is 2.37 bits per heavy atom. The predicted molar refractivity (Wildman–Crippen MR) is 77.0 cm³/mol. The van der Waals surface area contributed by atoms with Crippen molar-refractivity contribution >= 4 is 23.2 Å². The van der Waals surface area contributed by atoms with Crippen molar-refractivity contribution in [2.75, 3.05) is 5.32 Å². The van der Waals surface area contributed by atoms with Gasteiger partial charge in [-0.1, -0.05) is 29.8 Å². The molecule has 0 heterocycles. The van der Waals surface area contributed by atoms with E-state index in [1.807, 2.05) is 32.0 Å². The Hall–Kier alpha value is -2.00. The number of rotatable bonds is 2. The summed E-state index contributed by atoms with van der Waals surface area (Å²) >= 11 is 5.79. The lowest BCUT2D eigenvalue weighted by molar-refractivity contribution is 0.102. The van der Waals surface area contributed by atoms with E-state index < -0.39 is 0 Å². The summed E-state index contributed by atoms with van der Waals surface area (Å²) in [6, 6.07) is 10.2. The van der Waals surface area contributed by atoms with Crippen LogP contribution >= 0.6 is 11.6 Å². The summed E-state index contributed by atoms with van der Waals surface area (Å²) in [5.41, 5.74) is 3.21.